The lowest BCUT2D eigenvalue weighted by Crippen LogP contribution is -2.40. The summed E-state index contributed by atoms with van der Waals surface area (Å²) in [4.78, 5) is 13.8. The van der Waals surface area contributed by atoms with Gasteiger partial charge in [-0.05, 0) is 38.6 Å². The van der Waals surface area contributed by atoms with Crippen LogP contribution in [-0.2, 0) is 9.53 Å². The second kappa shape index (κ2) is 5.08. The third-order valence-electron chi connectivity index (χ3n) is 3.62. The highest BCUT2D eigenvalue weighted by atomic mass is 16.5. The first-order valence-corrected chi connectivity index (χ1v) is 6.06. The summed E-state index contributed by atoms with van der Waals surface area (Å²) in [7, 11) is 0. The molecule has 0 amide bonds. The Morgan fingerprint density at radius 2 is 2.33 bits per heavy atom. The summed E-state index contributed by atoms with van der Waals surface area (Å²) < 4.78 is 5.38. The van der Waals surface area contributed by atoms with E-state index in [1.165, 1.54) is 19.4 Å². The first-order chi connectivity index (χ1) is 7.25. The first kappa shape index (κ1) is 11.1. The number of piperidine rings is 1. The molecule has 0 aromatic rings. The number of carbonyl (C=O) groups excluding carboxylic acids is 1. The molecule has 86 valence electrons. The zero-order chi connectivity index (χ0) is 10.7. The van der Waals surface area contributed by atoms with Crippen molar-refractivity contribution in [2.75, 3.05) is 32.8 Å². The van der Waals surface area contributed by atoms with Crippen molar-refractivity contribution >= 4 is 5.78 Å². The number of likely N-dealkylation sites (tertiary alicyclic amines) is 1. The van der Waals surface area contributed by atoms with Gasteiger partial charge in [0.2, 0.25) is 0 Å². The normalized spacial score (nSPS) is 33.1. The summed E-state index contributed by atoms with van der Waals surface area (Å²) in [6.07, 6.45) is 3.46. The molecule has 2 atom stereocenters. The van der Waals surface area contributed by atoms with Gasteiger partial charge in [-0.15, -0.1) is 0 Å². The van der Waals surface area contributed by atoms with Gasteiger partial charge in [0.1, 0.15) is 5.78 Å². The topological polar surface area (TPSA) is 29.5 Å². The minimum atomic E-state index is 0.293. The molecule has 2 aliphatic rings. The Morgan fingerprint density at radius 1 is 1.47 bits per heavy atom. The molecule has 2 fully saturated rings. The molecule has 0 aromatic heterocycles. The van der Waals surface area contributed by atoms with E-state index in [2.05, 4.69) is 4.90 Å². The van der Waals surface area contributed by atoms with E-state index >= 15 is 0 Å². The molecule has 3 heteroatoms. The van der Waals surface area contributed by atoms with Gasteiger partial charge in [0.25, 0.3) is 0 Å². The molecule has 2 unspecified atom stereocenters. The molecule has 0 spiro atoms. The molecular formula is C12H21NO2. The van der Waals surface area contributed by atoms with Crippen molar-refractivity contribution in [3.8, 4) is 0 Å². The number of ether oxygens (including phenoxy) is 1. The van der Waals surface area contributed by atoms with E-state index in [1.54, 1.807) is 6.92 Å². The fourth-order valence-electron chi connectivity index (χ4n) is 2.65. The Morgan fingerprint density at radius 3 is 3.00 bits per heavy atom. The van der Waals surface area contributed by atoms with Crippen molar-refractivity contribution in [3.05, 3.63) is 0 Å². The van der Waals surface area contributed by atoms with E-state index in [9.17, 15) is 4.79 Å². The minimum Gasteiger partial charge on any atom is -0.381 e. The molecule has 2 rings (SSSR count). The highest BCUT2D eigenvalue weighted by molar-refractivity contribution is 5.78. The zero-order valence-electron chi connectivity index (χ0n) is 9.58. The summed E-state index contributed by atoms with van der Waals surface area (Å²) in [5.74, 6) is 1.36. The van der Waals surface area contributed by atoms with E-state index in [1.807, 2.05) is 0 Å². The molecule has 2 saturated heterocycles. The van der Waals surface area contributed by atoms with Crippen LogP contribution in [0.1, 0.15) is 26.2 Å². The number of carbonyl (C=O) groups is 1. The third-order valence-corrected chi connectivity index (χ3v) is 3.62. The Hall–Kier alpha value is -0.410. The maximum Gasteiger partial charge on any atom is 0.134 e. The molecule has 15 heavy (non-hydrogen) atoms. The van der Waals surface area contributed by atoms with Crippen LogP contribution in [-0.4, -0.2) is 43.5 Å². The Balaban J connectivity index is 1.79. The summed E-state index contributed by atoms with van der Waals surface area (Å²) in [5.41, 5.74) is 0. The molecule has 2 aliphatic heterocycles. The van der Waals surface area contributed by atoms with Crippen molar-refractivity contribution in [2.45, 2.75) is 26.2 Å². The van der Waals surface area contributed by atoms with Crippen LogP contribution in [0.25, 0.3) is 0 Å². The van der Waals surface area contributed by atoms with Gasteiger partial charge in [-0.3, -0.25) is 4.79 Å². The van der Waals surface area contributed by atoms with Gasteiger partial charge in [-0.2, -0.15) is 0 Å². The van der Waals surface area contributed by atoms with Gasteiger partial charge < -0.3 is 9.64 Å². The SMILES string of the molecule is CC(=O)C1CCCN(CC2CCOC2)C1. The number of hydrogen-bond acceptors (Lipinski definition) is 3. The van der Waals surface area contributed by atoms with Crippen LogP contribution in [0.15, 0.2) is 0 Å². The Labute approximate surface area is 91.8 Å². The minimum absolute atomic E-state index is 0.293. The van der Waals surface area contributed by atoms with Crippen molar-refractivity contribution in [1.82, 2.24) is 4.90 Å². The molecule has 0 aliphatic carbocycles. The quantitative estimate of drug-likeness (QED) is 0.705. The lowest BCUT2D eigenvalue weighted by Gasteiger charge is -2.32. The first-order valence-electron chi connectivity index (χ1n) is 6.06. The van der Waals surface area contributed by atoms with Gasteiger partial charge in [0.05, 0.1) is 6.61 Å². The number of hydrogen-bond donors (Lipinski definition) is 0. The molecule has 0 radical (unpaired) electrons. The highest BCUT2D eigenvalue weighted by Gasteiger charge is 2.26. The number of Topliss-reactive ketones (excluding diaryl/α,β-unsaturated/α-hetero) is 1. The molecule has 0 bridgehead atoms. The van der Waals surface area contributed by atoms with Crippen molar-refractivity contribution < 1.29 is 9.53 Å². The molecule has 0 N–H and O–H groups in total. The summed E-state index contributed by atoms with van der Waals surface area (Å²) in [6.45, 7) is 6.85. The van der Waals surface area contributed by atoms with Gasteiger partial charge in [0, 0.05) is 25.6 Å². The van der Waals surface area contributed by atoms with E-state index in [0.29, 0.717) is 17.6 Å². The number of ketones is 1. The lowest BCUT2D eigenvalue weighted by molar-refractivity contribution is -0.122. The third kappa shape index (κ3) is 3.02. The molecule has 0 aromatic carbocycles. The van der Waals surface area contributed by atoms with Crippen LogP contribution in [0.4, 0.5) is 0 Å². The molecule has 3 nitrogen and oxygen atoms in total. The standard InChI is InChI=1S/C12H21NO2/c1-10(14)12-3-2-5-13(8-12)7-11-4-6-15-9-11/h11-12H,2-9H2,1H3. The highest BCUT2D eigenvalue weighted by Crippen LogP contribution is 2.20. The summed E-state index contributed by atoms with van der Waals surface area (Å²) >= 11 is 0. The second-order valence-corrected chi connectivity index (χ2v) is 4.94. The fourth-order valence-corrected chi connectivity index (χ4v) is 2.65. The van der Waals surface area contributed by atoms with Crippen LogP contribution < -0.4 is 0 Å². The van der Waals surface area contributed by atoms with E-state index in [4.69, 9.17) is 4.74 Å². The van der Waals surface area contributed by atoms with Crippen molar-refractivity contribution in [3.63, 3.8) is 0 Å². The van der Waals surface area contributed by atoms with Crippen LogP contribution in [0, 0.1) is 11.8 Å². The number of rotatable bonds is 3. The lowest BCUT2D eigenvalue weighted by atomic mass is 9.94. The maximum atomic E-state index is 11.3. The van der Waals surface area contributed by atoms with Gasteiger partial charge in [0.15, 0.2) is 0 Å². The van der Waals surface area contributed by atoms with Crippen LogP contribution in [0.3, 0.4) is 0 Å². The largest absolute Gasteiger partial charge is 0.381 e. The Bertz CT molecular complexity index is 224. The van der Waals surface area contributed by atoms with Gasteiger partial charge >= 0.3 is 0 Å². The van der Waals surface area contributed by atoms with Crippen LogP contribution >= 0.6 is 0 Å². The van der Waals surface area contributed by atoms with E-state index in [0.717, 1.165) is 32.7 Å². The zero-order valence-corrected chi connectivity index (χ0v) is 9.58. The second-order valence-electron chi connectivity index (χ2n) is 4.94. The smallest absolute Gasteiger partial charge is 0.134 e. The predicted molar refractivity (Wildman–Crippen MR) is 58.8 cm³/mol. The number of nitrogens with zero attached hydrogens (tertiary/aromatic N) is 1. The molecule has 2 heterocycles. The van der Waals surface area contributed by atoms with Crippen molar-refractivity contribution in [1.29, 1.82) is 0 Å². The van der Waals surface area contributed by atoms with Crippen LogP contribution in [0.5, 0.6) is 0 Å². The van der Waals surface area contributed by atoms with Crippen LogP contribution in [0.2, 0.25) is 0 Å². The average Bonchev–Trinajstić information content (AvgIpc) is 2.71. The Kier molecular flexibility index (Phi) is 3.76. The van der Waals surface area contributed by atoms with E-state index < -0.39 is 0 Å². The van der Waals surface area contributed by atoms with Gasteiger partial charge in [-0.25, -0.2) is 0 Å². The average molecular weight is 211 g/mol. The summed E-state index contributed by atoms with van der Waals surface area (Å²) in [5, 5.41) is 0. The van der Waals surface area contributed by atoms with Gasteiger partial charge in [-0.1, -0.05) is 0 Å². The predicted octanol–water partition coefficient (Wildman–Crippen LogP) is 1.32. The van der Waals surface area contributed by atoms with Crippen molar-refractivity contribution in [2.24, 2.45) is 11.8 Å². The fraction of sp³-hybridized carbons (Fsp3) is 0.917. The molecule has 0 saturated carbocycles. The summed E-state index contributed by atoms with van der Waals surface area (Å²) in [6, 6.07) is 0. The van der Waals surface area contributed by atoms with E-state index in [-0.39, 0.29) is 0 Å². The monoisotopic (exact) mass is 211 g/mol. The molecular weight excluding hydrogens is 190 g/mol. The maximum absolute atomic E-state index is 11.3.